The molecule has 0 radical (unpaired) electrons. The highest BCUT2D eigenvalue weighted by atomic mass is 16.7. The van der Waals surface area contributed by atoms with Gasteiger partial charge in [0.15, 0.2) is 11.5 Å². The predicted molar refractivity (Wildman–Crippen MR) is 65.5 cm³/mol. The number of aliphatic hydroxyl groups excluding tert-OH is 1. The molecule has 0 amide bonds. The second kappa shape index (κ2) is 4.66. The van der Waals surface area contributed by atoms with Crippen molar-refractivity contribution < 1.29 is 14.6 Å². The predicted octanol–water partition coefficient (Wildman–Crippen LogP) is 2.09. The molecule has 0 saturated carbocycles. The first-order valence-corrected chi connectivity index (χ1v) is 5.79. The number of aromatic nitrogens is 1. The van der Waals surface area contributed by atoms with E-state index in [9.17, 15) is 5.11 Å². The number of ether oxygens (including phenoxy) is 2. The Labute approximate surface area is 105 Å². The molecule has 3 rings (SSSR count). The number of fused-ring (bicyclic) bond motifs is 1. The minimum atomic E-state index is -0.566. The largest absolute Gasteiger partial charge is 0.454 e. The van der Waals surface area contributed by atoms with Gasteiger partial charge in [0.05, 0.1) is 6.10 Å². The van der Waals surface area contributed by atoms with Crippen molar-refractivity contribution in [2.75, 3.05) is 6.79 Å². The second-order valence-electron chi connectivity index (χ2n) is 4.19. The van der Waals surface area contributed by atoms with E-state index in [-0.39, 0.29) is 6.79 Å². The summed E-state index contributed by atoms with van der Waals surface area (Å²) in [6, 6.07) is 9.31. The van der Waals surface area contributed by atoms with Crippen LogP contribution in [0, 0.1) is 0 Å². The van der Waals surface area contributed by atoms with Crippen LogP contribution in [0.4, 0.5) is 0 Å². The molecule has 1 N–H and O–H groups in total. The molecule has 1 aliphatic heterocycles. The lowest BCUT2D eigenvalue weighted by atomic mass is 10.0. The number of nitrogens with zero attached hydrogens (tertiary/aromatic N) is 1. The molecule has 0 spiro atoms. The first-order valence-electron chi connectivity index (χ1n) is 5.79. The Balaban J connectivity index is 1.78. The summed E-state index contributed by atoms with van der Waals surface area (Å²) in [5.41, 5.74) is 1.82. The quantitative estimate of drug-likeness (QED) is 0.896. The molecule has 0 aliphatic carbocycles. The van der Waals surface area contributed by atoms with Crippen molar-refractivity contribution >= 4 is 0 Å². The number of hydrogen-bond acceptors (Lipinski definition) is 4. The highest BCUT2D eigenvalue weighted by Gasteiger charge is 2.16. The molecule has 1 atom stereocenters. The van der Waals surface area contributed by atoms with E-state index >= 15 is 0 Å². The van der Waals surface area contributed by atoms with Crippen LogP contribution in [-0.2, 0) is 6.42 Å². The van der Waals surface area contributed by atoms with Crippen LogP contribution in [0.15, 0.2) is 42.7 Å². The average Bonchev–Trinajstić information content (AvgIpc) is 2.87. The standard InChI is InChI=1S/C14H13NO3/c16-12(6-10-2-1-5-15-8-10)11-3-4-13-14(7-11)18-9-17-13/h1-5,7-8,12,16H,6,9H2. The van der Waals surface area contributed by atoms with Crippen molar-refractivity contribution in [2.45, 2.75) is 12.5 Å². The molecule has 2 heterocycles. The van der Waals surface area contributed by atoms with Gasteiger partial charge in [-0.05, 0) is 29.3 Å². The van der Waals surface area contributed by atoms with Gasteiger partial charge in [-0.25, -0.2) is 0 Å². The average molecular weight is 243 g/mol. The lowest BCUT2D eigenvalue weighted by molar-refractivity contribution is 0.171. The molecule has 1 aromatic heterocycles. The SMILES string of the molecule is OC(Cc1cccnc1)c1ccc2c(c1)OCO2. The molecule has 1 aliphatic rings. The van der Waals surface area contributed by atoms with Gasteiger partial charge in [0, 0.05) is 18.8 Å². The third-order valence-corrected chi connectivity index (χ3v) is 2.93. The summed E-state index contributed by atoms with van der Waals surface area (Å²) in [4.78, 5) is 4.03. The van der Waals surface area contributed by atoms with Crippen LogP contribution < -0.4 is 9.47 Å². The Morgan fingerprint density at radius 3 is 2.94 bits per heavy atom. The Hall–Kier alpha value is -2.07. The van der Waals surface area contributed by atoms with E-state index in [0.717, 1.165) is 16.9 Å². The monoisotopic (exact) mass is 243 g/mol. The van der Waals surface area contributed by atoms with Crippen molar-refractivity contribution in [1.82, 2.24) is 4.98 Å². The molecule has 0 bridgehead atoms. The normalized spacial score (nSPS) is 14.5. The van der Waals surface area contributed by atoms with Gasteiger partial charge < -0.3 is 14.6 Å². The van der Waals surface area contributed by atoms with Gasteiger partial charge >= 0.3 is 0 Å². The third kappa shape index (κ3) is 2.15. The fourth-order valence-electron chi connectivity index (χ4n) is 1.98. The van der Waals surface area contributed by atoms with E-state index in [2.05, 4.69) is 4.98 Å². The number of pyridine rings is 1. The first-order chi connectivity index (χ1) is 8.83. The van der Waals surface area contributed by atoms with Crippen molar-refractivity contribution in [1.29, 1.82) is 0 Å². The fraction of sp³-hybridized carbons (Fsp3) is 0.214. The summed E-state index contributed by atoms with van der Waals surface area (Å²) < 4.78 is 10.5. The maximum Gasteiger partial charge on any atom is 0.231 e. The fourth-order valence-corrected chi connectivity index (χ4v) is 1.98. The summed E-state index contributed by atoms with van der Waals surface area (Å²) in [6.45, 7) is 0.248. The maximum absolute atomic E-state index is 10.2. The van der Waals surface area contributed by atoms with Gasteiger partial charge in [0.1, 0.15) is 0 Å². The summed E-state index contributed by atoms with van der Waals surface area (Å²) in [7, 11) is 0. The second-order valence-corrected chi connectivity index (χ2v) is 4.19. The molecule has 0 fully saturated rings. The van der Waals surface area contributed by atoms with Crippen molar-refractivity contribution in [2.24, 2.45) is 0 Å². The Kier molecular flexibility index (Phi) is 2.86. The van der Waals surface area contributed by atoms with E-state index in [4.69, 9.17) is 9.47 Å². The highest BCUT2D eigenvalue weighted by molar-refractivity contribution is 5.45. The number of benzene rings is 1. The summed E-state index contributed by atoms with van der Waals surface area (Å²) in [5, 5.41) is 10.2. The van der Waals surface area contributed by atoms with E-state index in [1.807, 2.05) is 30.3 Å². The Morgan fingerprint density at radius 1 is 1.22 bits per heavy atom. The van der Waals surface area contributed by atoms with Gasteiger partial charge in [-0.3, -0.25) is 4.98 Å². The molecule has 2 aromatic rings. The lowest BCUT2D eigenvalue weighted by Crippen LogP contribution is -2.02. The van der Waals surface area contributed by atoms with Crippen molar-refractivity contribution in [3.63, 3.8) is 0 Å². The zero-order valence-corrected chi connectivity index (χ0v) is 9.74. The lowest BCUT2D eigenvalue weighted by Gasteiger charge is -2.11. The molecular formula is C14H13NO3. The zero-order valence-electron chi connectivity index (χ0n) is 9.74. The number of hydrogen-bond donors (Lipinski definition) is 1. The van der Waals surface area contributed by atoms with Gasteiger partial charge in [-0.1, -0.05) is 12.1 Å². The van der Waals surface area contributed by atoms with Crippen LogP contribution in [0.25, 0.3) is 0 Å². The van der Waals surface area contributed by atoms with Crippen LogP contribution in [0.3, 0.4) is 0 Å². The molecule has 1 unspecified atom stereocenters. The smallest absolute Gasteiger partial charge is 0.231 e. The number of aliphatic hydroxyl groups is 1. The summed E-state index contributed by atoms with van der Waals surface area (Å²) in [5.74, 6) is 1.42. The van der Waals surface area contributed by atoms with E-state index < -0.39 is 6.10 Å². The minimum absolute atomic E-state index is 0.248. The summed E-state index contributed by atoms with van der Waals surface area (Å²) >= 11 is 0. The van der Waals surface area contributed by atoms with Gasteiger partial charge in [-0.2, -0.15) is 0 Å². The van der Waals surface area contributed by atoms with Crippen LogP contribution in [0.2, 0.25) is 0 Å². The molecule has 1 aromatic carbocycles. The van der Waals surface area contributed by atoms with Crippen LogP contribution in [0.1, 0.15) is 17.2 Å². The zero-order chi connectivity index (χ0) is 12.4. The Bertz CT molecular complexity index is 542. The van der Waals surface area contributed by atoms with Crippen molar-refractivity contribution in [3.05, 3.63) is 53.9 Å². The van der Waals surface area contributed by atoms with Crippen molar-refractivity contribution in [3.8, 4) is 11.5 Å². The van der Waals surface area contributed by atoms with Gasteiger partial charge in [-0.15, -0.1) is 0 Å². The molecule has 4 heteroatoms. The van der Waals surface area contributed by atoms with Gasteiger partial charge in [0.25, 0.3) is 0 Å². The maximum atomic E-state index is 10.2. The molecule has 0 saturated heterocycles. The van der Waals surface area contributed by atoms with Gasteiger partial charge in [0.2, 0.25) is 6.79 Å². The topological polar surface area (TPSA) is 51.6 Å². The molecule has 4 nitrogen and oxygen atoms in total. The Morgan fingerprint density at radius 2 is 2.11 bits per heavy atom. The van der Waals surface area contributed by atoms with E-state index in [0.29, 0.717) is 12.2 Å². The number of rotatable bonds is 3. The molecule has 18 heavy (non-hydrogen) atoms. The first kappa shape index (κ1) is 11.0. The van der Waals surface area contributed by atoms with E-state index in [1.54, 1.807) is 12.4 Å². The van der Waals surface area contributed by atoms with Crippen LogP contribution in [0.5, 0.6) is 11.5 Å². The molecule has 92 valence electrons. The van der Waals surface area contributed by atoms with Crippen LogP contribution in [-0.4, -0.2) is 16.9 Å². The highest BCUT2D eigenvalue weighted by Crippen LogP contribution is 2.34. The minimum Gasteiger partial charge on any atom is -0.454 e. The summed E-state index contributed by atoms with van der Waals surface area (Å²) in [6.07, 6.45) is 3.45. The molecular weight excluding hydrogens is 230 g/mol. The third-order valence-electron chi connectivity index (χ3n) is 2.93. The van der Waals surface area contributed by atoms with E-state index in [1.165, 1.54) is 0 Å². The van der Waals surface area contributed by atoms with Crippen LogP contribution >= 0.6 is 0 Å².